The zero-order chi connectivity index (χ0) is 19.9. The molecular weight excluding hydrogens is 362 g/mol. The molecule has 0 bridgehead atoms. The molecule has 0 atom stereocenters. The molecule has 6 heteroatoms. The number of methoxy groups -OCH3 is 1. The van der Waals surface area contributed by atoms with Gasteiger partial charge in [0, 0.05) is 36.6 Å². The monoisotopic (exact) mass is 389 g/mol. The topological polar surface area (TPSA) is 72.0 Å². The Hall–Kier alpha value is -3.15. The summed E-state index contributed by atoms with van der Waals surface area (Å²) in [7, 11) is 1.68. The highest BCUT2D eigenvalue weighted by molar-refractivity contribution is 5.63. The van der Waals surface area contributed by atoms with Crippen LogP contribution in [0.2, 0.25) is 0 Å². The summed E-state index contributed by atoms with van der Waals surface area (Å²) < 4.78 is 5.32. The summed E-state index contributed by atoms with van der Waals surface area (Å²) in [6, 6.07) is 14.4. The minimum atomic E-state index is 0.444. The van der Waals surface area contributed by atoms with Gasteiger partial charge in [0.2, 0.25) is 5.95 Å². The van der Waals surface area contributed by atoms with Crippen molar-refractivity contribution in [3.63, 3.8) is 0 Å². The van der Waals surface area contributed by atoms with Crippen LogP contribution in [0.4, 0.5) is 11.8 Å². The Morgan fingerprint density at radius 2 is 1.93 bits per heavy atom. The van der Waals surface area contributed by atoms with Crippen molar-refractivity contribution < 1.29 is 4.74 Å². The van der Waals surface area contributed by atoms with Gasteiger partial charge in [-0.05, 0) is 42.7 Å². The molecule has 1 aliphatic carbocycles. The SMILES string of the molecule is COc1cccc(CNc2cc(-c3cccnc3)nc(NC3CCCCC3)n2)c1. The van der Waals surface area contributed by atoms with E-state index in [0.717, 1.165) is 28.4 Å². The highest BCUT2D eigenvalue weighted by Crippen LogP contribution is 2.24. The van der Waals surface area contributed by atoms with E-state index in [1.54, 1.807) is 13.3 Å². The molecule has 2 N–H and O–H groups in total. The van der Waals surface area contributed by atoms with Crippen molar-refractivity contribution in [2.45, 2.75) is 44.7 Å². The van der Waals surface area contributed by atoms with Gasteiger partial charge in [-0.2, -0.15) is 4.98 Å². The number of nitrogens with one attached hydrogen (secondary N) is 2. The van der Waals surface area contributed by atoms with E-state index in [1.165, 1.54) is 32.1 Å². The summed E-state index contributed by atoms with van der Waals surface area (Å²) in [5, 5.41) is 6.98. The maximum Gasteiger partial charge on any atom is 0.225 e. The Labute approximate surface area is 171 Å². The van der Waals surface area contributed by atoms with Crippen molar-refractivity contribution >= 4 is 11.8 Å². The second-order valence-corrected chi connectivity index (χ2v) is 7.39. The van der Waals surface area contributed by atoms with E-state index in [9.17, 15) is 0 Å². The normalized spacial score (nSPS) is 14.4. The highest BCUT2D eigenvalue weighted by Gasteiger charge is 2.15. The molecular formula is C23H27N5O. The Kier molecular flexibility index (Phi) is 6.19. The molecule has 1 saturated carbocycles. The lowest BCUT2D eigenvalue weighted by Crippen LogP contribution is -2.23. The van der Waals surface area contributed by atoms with E-state index < -0.39 is 0 Å². The third-order valence-electron chi connectivity index (χ3n) is 5.23. The molecule has 0 spiro atoms. The van der Waals surface area contributed by atoms with Crippen LogP contribution in [0.25, 0.3) is 11.3 Å². The van der Waals surface area contributed by atoms with E-state index in [-0.39, 0.29) is 0 Å². The number of hydrogen-bond donors (Lipinski definition) is 2. The first-order valence-corrected chi connectivity index (χ1v) is 10.2. The van der Waals surface area contributed by atoms with E-state index >= 15 is 0 Å². The first-order valence-electron chi connectivity index (χ1n) is 10.2. The summed E-state index contributed by atoms with van der Waals surface area (Å²) in [5.41, 5.74) is 2.97. The molecule has 3 aromatic rings. The molecule has 2 aromatic heterocycles. The van der Waals surface area contributed by atoms with Crippen LogP contribution in [0.15, 0.2) is 54.9 Å². The number of anilines is 2. The number of benzene rings is 1. The Morgan fingerprint density at radius 1 is 1.03 bits per heavy atom. The van der Waals surface area contributed by atoms with Crippen LogP contribution in [-0.4, -0.2) is 28.1 Å². The van der Waals surface area contributed by atoms with Crippen LogP contribution in [0.5, 0.6) is 5.75 Å². The van der Waals surface area contributed by atoms with Crippen molar-refractivity contribution in [1.82, 2.24) is 15.0 Å². The molecule has 0 unspecified atom stereocenters. The third kappa shape index (κ3) is 5.22. The zero-order valence-corrected chi connectivity index (χ0v) is 16.8. The predicted octanol–water partition coefficient (Wildman–Crippen LogP) is 4.90. The van der Waals surface area contributed by atoms with Gasteiger partial charge in [0.15, 0.2) is 0 Å². The number of ether oxygens (including phenoxy) is 1. The lowest BCUT2D eigenvalue weighted by atomic mass is 9.96. The number of aromatic nitrogens is 3. The molecule has 0 aliphatic heterocycles. The molecule has 4 rings (SSSR count). The summed E-state index contributed by atoms with van der Waals surface area (Å²) >= 11 is 0. The van der Waals surface area contributed by atoms with E-state index in [4.69, 9.17) is 14.7 Å². The molecule has 1 aromatic carbocycles. The summed E-state index contributed by atoms with van der Waals surface area (Å²) in [6.07, 6.45) is 9.80. The molecule has 0 radical (unpaired) electrons. The van der Waals surface area contributed by atoms with Crippen molar-refractivity contribution in [2.75, 3.05) is 17.7 Å². The number of hydrogen-bond acceptors (Lipinski definition) is 6. The van der Waals surface area contributed by atoms with Crippen LogP contribution in [0, 0.1) is 0 Å². The molecule has 2 heterocycles. The fourth-order valence-electron chi connectivity index (χ4n) is 3.67. The van der Waals surface area contributed by atoms with E-state index in [2.05, 4.69) is 21.7 Å². The first-order chi connectivity index (χ1) is 14.3. The largest absolute Gasteiger partial charge is 0.497 e. The predicted molar refractivity (Wildman–Crippen MR) is 116 cm³/mol. The Bertz CT molecular complexity index is 926. The quantitative estimate of drug-likeness (QED) is 0.599. The molecule has 150 valence electrons. The summed E-state index contributed by atoms with van der Waals surface area (Å²) in [4.78, 5) is 13.7. The Morgan fingerprint density at radius 3 is 2.72 bits per heavy atom. The fraction of sp³-hybridized carbons (Fsp3) is 0.348. The smallest absolute Gasteiger partial charge is 0.225 e. The standard InChI is InChI=1S/C23H27N5O/c1-29-20-11-5-7-17(13-20)15-25-22-14-21(18-8-6-12-24-16-18)27-23(28-22)26-19-9-3-2-4-10-19/h5-8,11-14,16,19H,2-4,9-10,15H2,1H3,(H2,25,26,27,28). The van der Waals surface area contributed by atoms with Crippen molar-refractivity contribution in [3.8, 4) is 17.0 Å². The van der Waals surface area contributed by atoms with E-state index in [0.29, 0.717) is 18.5 Å². The van der Waals surface area contributed by atoms with Gasteiger partial charge in [0.1, 0.15) is 11.6 Å². The van der Waals surface area contributed by atoms with Crippen LogP contribution in [0.1, 0.15) is 37.7 Å². The maximum atomic E-state index is 5.32. The third-order valence-corrected chi connectivity index (χ3v) is 5.23. The van der Waals surface area contributed by atoms with Gasteiger partial charge in [-0.15, -0.1) is 0 Å². The van der Waals surface area contributed by atoms with Crippen molar-refractivity contribution in [2.24, 2.45) is 0 Å². The average Bonchev–Trinajstić information content (AvgIpc) is 2.79. The molecule has 0 saturated heterocycles. The second-order valence-electron chi connectivity index (χ2n) is 7.39. The van der Waals surface area contributed by atoms with Crippen molar-refractivity contribution in [3.05, 3.63) is 60.4 Å². The molecule has 29 heavy (non-hydrogen) atoms. The van der Waals surface area contributed by atoms with Gasteiger partial charge < -0.3 is 15.4 Å². The van der Waals surface area contributed by atoms with Crippen molar-refractivity contribution in [1.29, 1.82) is 0 Å². The molecule has 1 aliphatic rings. The van der Waals surface area contributed by atoms with Gasteiger partial charge in [-0.25, -0.2) is 4.98 Å². The fourth-order valence-corrected chi connectivity index (χ4v) is 3.67. The highest BCUT2D eigenvalue weighted by atomic mass is 16.5. The average molecular weight is 390 g/mol. The maximum absolute atomic E-state index is 5.32. The number of nitrogens with zero attached hydrogens (tertiary/aromatic N) is 3. The van der Waals surface area contributed by atoms with Gasteiger partial charge in [-0.3, -0.25) is 4.98 Å². The van der Waals surface area contributed by atoms with Gasteiger partial charge in [0.25, 0.3) is 0 Å². The number of rotatable bonds is 7. The molecule has 1 fully saturated rings. The zero-order valence-electron chi connectivity index (χ0n) is 16.8. The van der Waals surface area contributed by atoms with Crippen LogP contribution in [-0.2, 0) is 6.54 Å². The second kappa shape index (κ2) is 9.37. The van der Waals surface area contributed by atoms with Gasteiger partial charge >= 0.3 is 0 Å². The first kappa shape index (κ1) is 19.2. The van der Waals surface area contributed by atoms with Crippen LogP contribution >= 0.6 is 0 Å². The lowest BCUT2D eigenvalue weighted by Gasteiger charge is -2.23. The number of pyridine rings is 1. The van der Waals surface area contributed by atoms with Crippen LogP contribution < -0.4 is 15.4 Å². The summed E-state index contributed by atoms with van der Waals surface area (Å²) in [6.45, 7) is 0.656. The Balaban J connectivity index is 1.56. The van der Waals surface area contributed by atoms with Gasteiger partial charge in [-0.1, -0.05) is 31.4 Å². The lowest BCUT2D eigenvalue weighted by molar-refractivity contribution is 0.414. The molecule has 6 nitrogen and oxygen atoms in total. The summed E-state index contributed by atoms with van der Waals surface area (Å²) in [5.74, 6) is 2.31. The van der Waals surface area contributed by atoms with Gasteiger partial charge in [0.05, 0.1) is 12.8 Å². The minimum absolute atomic E-state index is 0.444. The van der Waals surface area contributed by atoms with E-state index in [1.807, 2.05) is 42.6 Å². The molecule has 0 amide bonds. The van der Waals surface area contributed by atoms with Crippen LogP contribution in [0.3, 0.4) is 0 Å². The minimum Gasteiger partial charge on any atom is -0.497 e.